The van der Waals surface area contributed by atoms with Gasteiger partial charge in [-0.3, -0.25) is 19.6 Å². The summed E-state index contributed by atoms with van der Waals surface area (Å²) in [6.45, 7) is 6.29. The highest BCUT2D eigenvalue weighted by Gasteiger charge is 2.31. The van der Waals surface area contributed by atoms with Crippen molar-refractivity contribution >= 4 is 17.7 Å². The van der Waals surface area contributed by atoms with Crippen LogP contribution in [0.25, 0.3) is 0 Å². The molecule has 0 saturated carbocycles. The van der Waals surface area contributed by atoms with E-state index in [0.29, 0.717) is 24.6 Å². The van der Waals surface area contributed by atoms with Gasteiger partial charge in [-0.1, -0.05) is 30.3 Å². The van der Waals surface area contributed by atoms with Crippen molar-refractivity contribution in [1.29, 1.82) is 0 Å². The van der Waals surface area contributed by atoms with Gasteiger partial charge in [0.2, 0.25) is 5.43 Å². The topological polar surface area (TPSA) is 84.4 Å². The molecule has 1 saturated heterocycles. The molecular formula is C24H29N5O3. The number of piperazine rings is 1. The van der Waals surface area contributed by atoms with Crippen LogP contribution in [0.2, 0.25) is 0 Å². The predicted octanol–water partition coefficient (Wildman–Crippen LogP) is 1.36. The number of nitrogens with zero attached hydrogens (tertiary/aromatic N) is 4. The molecule has 32 heavy (non-hydrogen) atoms. The maximum atomic E-state index is 12.0. The summed E-state index contributed by atoms with van der Waals surface area (Å²) in [6, 6.07) is 12.0. The predicted molar refractivity (Wildman–Crippen MR) is 125 cm³/mol. The van der Waals surface area contributed by atoms with Crippen molar-refractivity contribution in [3.05, 3.63) is 70.2 Å². The molecule has 0 aliphatic carbocycles. The second-order valence-corrected chi connectivity index (χ2v) is 8.60. The van der Waals surface area contributed by atoms with Gasteiger partial charge in [0.15, 0.2) is 5.69 Å². The van der Waals surface area contributed by atoms with Crippen LogP contribution in [0.1, 0.15) is 5.56 Å². The number of hydrogen-bond donors (Lipinski definition) is 2. The molecule has 2 aromatic rings. The Morgan fingerprint density at radius 2 is 1.91 bits per heavy atom. The Kier molecular flexibility index (Phi) is 6.07. The van der Waals surface area contributed by atoms with Crippen molar-refractivity contribution in [2.45, 2.75) is 18.7 Å². The molecule has 3 aliphatic rings. The number of anilines is 1. The molecule has 1 aromatic heterocycles. The lowest BCUT2D eigenvalue weighted by molar-refractivity contribution is 0.0270. The number of aromatic amines is 1. The third-order valence-electron chi connectivity index (χ3n) is 6.24. The maximum absolute atomic E-state index is 12.0. The second kappa shape index (κ2) is 9.28. The van der Waals surface area contributed by atoms with Crippen molar-refractivity contribution < 1.29 is 9.84 Å². The summed E-state index contributed by atoms with van der Waals surface area (Å²) in [4.78, 5) is 26.2. The van der Waals surface area contributed by atoms with Crippen LogP contribution in [-0.4, -0.2) is 84.1 Å². The first-order chi connectivity index (χ1) is 15.7. The second-order valence-electron chi connectivity index (χ2n) is 8.60. The van der Waals surface area contributed by atoms with Crippen LogP contribution in [0.4, 0.5) is 11.5 Å². The number of hydrogen-bond acceptors (Lipinski definition) is 7. The molecule has 168 valence electrons. The number of β-amino-alcohol motifs (C(OH)–C–C–N with tert-alkyl or cyclic N) is 1. The summed E-state index contributed by atoms with van der Waals surface area (Å²) >= 11 is 0. The molecule has 1 aromatic carbocycles. The highest BCUT2D eigenvalue weighted by atomic mass is 16.5. The van der Waals surface area contributed by atoms with Crippen LogP contribution in [0.5, 0.6) is 0 Å². The molecule has 4 heterocycles. The first kappa shape index (κ1) is 20.9. The Hall–Kier alpha value is -2.94. The van der Waals surface area contributed by atoms with Gasteiger partial charge in [-0.15, -0.1) is 0 Å². The summed E-state index contributed by atoms with van der Waals surface area (Å²) in [5.74, 6) is 1.51. The molecule has 2 atom stereocenters. The van der Waals surface area contributed by atoms with E-state index in [4.69, 9.17) is 4.74 Å². The largest absolute Gasteiger partial charge is 0.494 e. The van der Waals surface area contributed by atoms with Gasteiger partial charge in [0, 0.05) is 57.7 Å². The van der Waals surface area contributed by atoms with Crippen molar-refractivity contribution in [1.82, 2.24) is 14.8 Å². The molecule has 0 radical (unpaired) electrons. The van der Waals surface area contributed by atoms with Crippen LogP contribution in [-0.2, 0) is 11.3 Å². The minimum atomic E-state index is -0.546. The van der Waals surface area contributed by atoms with E-state index < -0.39 is 6.10 Å². The number of ether oxygens (including phenoxy) is 1. The maximum Gasteiger partial charge on any atom is 0.209 e. The lowest BCUT2D eigenvalue weighted by Crippen LogP contribution is -2.48. The van der Waals surface area contributed by atoms with Crippen molar-refractivity contribution in [3.8, 4) is 0 Å². The Balaban J connectivity index is 1.06. The molecule has 2 unspecified atom stereocenters. The Labute approximate surface area is 187 Å². The molecule has 1 fully saturated rings. The molecule has 3 aliphatic heterocycles. The Bertz CT molecular complexity index is 1040. The number of pyridine rings is 1. The lowest BCUT2D eigenvalue weighted by atomic mass is 10.2. The van der Waals surface area contributed by atoms with Gasteiger partial charge in [-0.05, 0) is 11.6 Å². The van der Waals surface area contributed by atoms with Crippen LogP contribution >= 0.6 is 0 Å². The molecule has 5 rings (SSSR count). The van der Waals surface area contributed by atoms with E-state index in [2.05, 4.69) is 48.9 Å². The normalized spacial score (nSPS) is 21.7. The molecule has 0 spiro atoms. The molecule has 8 nitrogen and oxygen atoms in total. The monoisotopic (exact) mass is 435 g/mol. The van der Waals surface area contributed by atoms with E-state index in [-0.39, 0.29) is 18.1 Å². The van der Waals surface area contributed by atoms with Crippen molar-refractivity contribution in [2.75, 3.05) is 50.8 Å². The summed E-state index contributed by atoms with van der Waals surface area (Å²) in [7, 11) is 0. The Morgan fingerprint density at radius 3 is 2.72 bits per heavy atom. The number of aromatic nitrogens is 1. The summed E-state index contributed by atoms with van der Waals surface area (Å²) in [6.07, 6.45) is 4.85. The average Bonchev–Trinajstić information content (AvgIpc) is 3.24. The number of H-pyrrole nitrogens is 1. The van der Waals surface area contributed by atoms with Gasteiger partial charge in [0.1, 0.15) is 24.3 Å². The zero-order chi connectivity index (χ0) is 21.9. The van der Waals surface area contributed by atoms with Gasteiger partial charge in [-0.2, -0.15) is 0 Å². The lowest BCUT2D eigenvalue weighted by Gasteiger charge is -2.35. The molecular weight excluding hydrogens is 406 g/mol. The van der Waals surface area contributed by atoms with Gasteiger partial charge in [0.25, 0.3) is 0 Å². The van der Waals surface area contributed by atoms with E-state index in [9.17, 15) is 9.90 Å². The first-order valence-corrected chi connectivity index (χ1v) is 11.2. The molecule has 8 heteroatoms. The molecule has 0 bridgehead atoms. The van der Waals surface area contributed by atoms with E-state index in [0.717, 1.165) is 38.5 Å². The van der Waals surface area contributed by atoms with Gasteiger partial charge >= 0.3 is 0 Å². The van der Waals surface area contributed by atoms with Crippen LogP contribution in [0, 0.1) is 0 Å². The van der Waals surface area contributed by atoms with Gasteiger partial charge in [-0.25, -0.2) is 0 Å². The van der Waals surface area contributed by atoms with E-state index >= 15 is 0 Å². The summed E-state index contributed by atoms with van der Waals surface area (Å²) in [5.41, 5.74) is 1.68. The summed E-state index contributed by atoms with van der Waals surface area (Å²) in [5, 5.41) is 10.5. The van der Waals surface area contributed by atoms with Crippen molar-refractivity contribution in [3.63, 3.8) is 0 Å². The minimum Gasteiger partial charge on any atom is -0.494 e. The fraction of sp³-hybridized carbons (Fsp3) is 0.417. The quantitative estimate of drug-likeness (QED) is 0.683. The average molecular weight is 436 g/mol. The number of rotatable bonds is 7. The van der Waals surface area contributed by atoms with E-state index in [1.807, 2.05) is 12.1 Å². The fourth-order valence-electron chi connectivity index (χ4n) is 4.53. The van der Waals surface area contributed by atoms with Crippen molar-refractivity contribution in [2.24, 2.45) is 4.99 Å². The number of fused-ring (bicyclic) bond motifs is 3. The SMILES string of the molecule is O=c1cc[nH]c2c1N=CC1C=C(OCC(O)CN3CCN(Cc4ccccc4)CC3)CN21. The third-order valence-corrected chi connectivity index (χ3v) is 6.24. The van der Waals surface area contributed by atoms with Gasteiger partial charge < -0.3 is 19.7 Å². The number of aliphatic imine (C=N–C) groups is 1. The number of nitrogens with one attached hydrogen (secondary N) is 1. The third kappa shape index (κ3) is 4.62. The first-order valence-electron chi connectivity index (χ1n) is 11.2. The molecule has 0 amide bonds. The van der Waals surface area contributed by atoms with E-state index in [1.165, 1.54) is 11.6 Å². The van der Waals surface area contributed by atoms with Crippen LogP contribution < -0.4 is 10.3 Å². The zero-order valence-corrected chi connectivity index (χ0v) is 18.1. The fourth-order valence-corrected chi connectivity index (χ4v) is 4.53. The highest BCUT2D eigenvalue weighted by molar-refractivity contribution is 5.85. The Morgan fingerprint density at radius 1 is 1.12 bits per heavy atom. The van der Waals surface area contributed by atoms with E-state index in [1.54, 1.807) is 12.4 Å². The standard InChI is InChI=1S/C24H29N5O3/c30-20(15-28-10-8-27(9-11-28)14-18-4-2-1-3-5-18)17-32-21-12-19-13-26-23-22(31)6-7-25-24(23)29(19)16-21/h1-7,12-13,19-20,30H,8-11,14-17H2,(H,25,31). The number of aliphatic hydroxyl groups excluding tert-OH is 1. The zero-order valence-electron chi connectivity index (χ0n) is 18.1. The van der Waals surface area contributed by atoms with Crippen LogP contribution in [0.3, 0.4) is 0 Å². The molecule has 2 N–H and O–H groups in total. The van der Waals surface area contributed by atoms with Crippen LogP contribution in [0.15, 0.2) is 64.2 Å². The number of aliphatic hydroxyl groups is 1. The highest BCUT2D eigenvalue weighted by Crippen LogP contribution is 2.32. The smallest absolute Gasteiger partial charge is 0.209 e. The minimum absolute atomic E-state index is 0.0367. The number of benzene rings is 1. The summed E-state index contributed by atoms with van der Waals surface area (Å²) < 4.78 is 5.92. The van der Waals surface area contributed by atoms with Gasteiger partial charge in [0.05, 0.1) is 12.6 Å².